The van der Waals surface area contributed by atoms with Crippen LogP contribution in [0.25, 0.3) is 0 Å². The Bertz CT molecular complexity index is 840. The van der Waals surface area contributed by atoms with Crippen molar-refractivity contribution in [1.82, 2.24) is 15.8 Å². The van der Waals surface area contributed by atoms with Gasteiger partial charge < -0.3 is 10.6 Å². The van der Waals surface area contributed by atoms with Crippen LogP contribution < -0.4 is 21.5 Å². The van der Waals surface area contributed by atoms with Crippen LogP contribution in [0.15, 0.2) is 36.4 Å². The maximum absolute atomic E-state index is 6.44. The first-order valence-electron chi connectivity index (χ1n) is 8.90. The predicted octanol–water partition coefficient (Wildman–Crippen LogP) is 3.81. The molecule has 0 bridgehead atoms. The summed E-state index contributed by atoms with van der Waals surface area (Å²) < 4.78 is 0. The summed E-state index contributed by atoms with van der Waals surface area (Å²) in [6.07, 6.45) is 0. The van der Waals surface area contributed by atoms with Gasteiger partial charge >= 0.3 is 0 Å². The molecule has 5 nitrogen and oxygen atoms in total. The number of anilines is 1. The molecule has 1 aliphatic rings. The number of nitrogens with one attached hydrogen (secondary N) is 2. The lowest BCUT2D eigenvalue weighted by molar-refractivity contribution is 0.250. The minimum atomic E-state index is 0.200. The predicted molar refractivity (Wildman–Crippen MR) is 122 cm³/mol. The molecule has 0 saturated carbocycles. The van der Waals surface area contributed by atoms with Crippen LogP contribution in [0.4, 0.5) is 5.69 Å². The summed E-state index contributed by atoms with van der Waals surface area (Å²) in [4.78, 5) is 4.76. The standard InChI is InChI=1S/C19H22Cl3N5S/c20-16-4-1-13(9-18(16)22)12-26-5-7-27(8-6-26)15-3-2-14(17(21)10-15)11-24-25-19(23)28/h1-4,9-10,24H,5-8,11-12H2,(H3,23,25,28). The lowest BCUT2D eigenvalue weighted by atomic mass is 10.1. The number of nitrogens with zero attached hydrogens (tertiary/aromatic N) is 2. The van der Waals surface area contributed by atoms with Crippen molar-refractivity contribution in [3.8, 4) is 0 Å². The Hall–Kier alpha value is -1.28. The topological polar surface area (TPSA) is 56.6 Å². The molecule has 0 atom stereocenters. The zero-order valence-corrected chi connectivity index (χ0v) is 18.3. The second-order valence-electron chi connectivity index (χ2n) is 6.63. The Morgan fingerprint density at radius 1 is 0.964 bits per heavy atom. The van der Waals surface area contributed by atoms with Gasteiger partial charge in [0, 0.05) is 50.0 Å². The zero-order chi connectivity index (χ0) is 20.1. The number of piperazine rings is 1. The summed E-state index contributed by atoms with van der Waals surface area (Å²) >= 11 is 23.3. The van der Waals surface area contributed by atoms with E-state index in [2.05, 4.69) is 26.7 Å². The van der Waals surface area contributed by atoms with E-state index in [1.165, 1.54) is 5.56 Å². The first kappa shape index (κ1) is 21.4. The monoisotopic (exact) mass is 457 g/mol. The summed E-state index contributed by atoms with van der Waals surface area (Å²) in [5.74, 6) is 0. The van der Waals surface area contributed by atoms with Crippen LogP contribution in [0, 0.1) is 0 Å². The number of benzene rings is 2. The third-order valence-electron chi connectivity index (χ3n) is 4.65. The maximum atomic E-state index is 6.44. The van der Waals surface area contributed by atoms with Gasteiger partial charge in [0.1, 0.15) is 0 Å². The van der Waals surface area contributed by atoms with Gasteiger partial charge in [-0.3, -0.25) is 10.3 Å². The number of thiocarbonyl (C=S) groups is 1. The van der Waals surface area contributed by atoms with E-state index in [1.807, 2.05) is 30.3 Å². The van der Waals surface area contributed by atoms with Crippen molar-refractivity contribution < 1.29 is 0 Å². The molecule has 2 aromatic carbocycles. The molecule has 0 spiro atoms. The molecule has 4 N–H and O–H groups in total. The van der Waals surface area contributed by atoms with E-state index in [0.717, 1.165) is 44.0 Å². The van der Waals surface area contributed by atoms with Crippen LogP contribution in [0.1, 0.15) is 11.1 Å². The van der Waals surface area contributed by atoms with Crippen LogP contribution >= 0.6 is 47.0 Å². The molecule has 1 saturated heterocycles. The quantitative estimate of drug-likeness (QED) is 0.452. The van der Waals surface area contributed by atoms with Gasteiger partial charge in [-0.25, -0.2) is 5.43 Å². The van der Waals surface area contributed by atoms with Crippen molar-refractivity contribution >= 4 is 57.8 Å². The minimum Gasteiger partial charge on any atom is -0.375 e. The number of rotatable bonds is 6. The molecule has 3 rings (SSSR count). The normalized spacial score (nSPS) is 14.9. The molecule has 0 unspecified atom stereocenters. The Labute approximate surface area is 185 Å². The number of hydrogen-bond acceptors (Lipinski definition) is 4. The van der Waals surface area contributed by atoms with Crippen molar-refractivity contribution in [2.45, 2.75) is 13.1 Å². The Morgan fingerprint density at radius 2 is 1.71 bits per heavy atom. The van der Waals surface area contributed by atoms with E-state index in [0.29, 0.717) is 21.6 Å². The molecular formula is C19H22Cl3N5S. The third kappa shape index (κ3) is 5.86. The highest BCUT2D eigenvalue weighted by Gasteiger charge is 2.18. The number of nitrogens with two attached hydrogens (primary N) is 1. The van der Waals surface area contributed by atoms with Crippen LogP contribution in [-0.4, -0.2) is 36.2 Å². The van der Waals surface area contributed by atoms with Gasteiger partial charge in [-0.05, 0) is 47.6 Å². The molecule has 1 fully saturated rings. The Kier molecular flexibility index (Phi) is 7.62. The first-order valence-corrected chi connectivity index (χ1v) is 10.4. The molecule has 2 aromatic rings. The van der Waals surface area contributed by atoms with Gasteiger partial charge in [0.05, 0.1) is 10.0 Å². The Balaban J connectivity index is 1.53. The maximum Gasteiger partial charge on any atom is 0.178 e. The van der Waals surface area contributed by atoms with Crippen molar-refractivity contribution in [3.05, 3.63) is 62.6 Å². The number of hydrogen-bond donors (Lipinski definition) is 3. The second kappa shape index (κ2) is 9.96. The third-order valence-corrected chi connectivity index (χ3v) is 5.85. The summed E-state index contributed by atoms with van der Waals surface area (Å²) in [6.45, 7) is 5.23. The highest BCUT2D eigenvalue weighted by Crippen LogP contribution is 2.26. The molecule has 0 aliphatic carbocycles. The van der Waals surface area contributed by atoms with Crippen molar-refractivity contribution in [2.24, 2.45) is 5.73 Å². The van der Waals surface area contributed by atoms with E-state index in [1.54, 1.807) is 0 Å². The van der Waals surface area contributed by atoms with Crippen LogP contribution in [-0.2, 0) is 13.1 Å². The first-order chi connectivity index (χ1) is 13.4. The van der Waals surface area contributed by atoms with Gasteiger partial charge in [-0.1, -0.05) is 46.9 Å². The number of hydrazine groups is 1. The minimum absolute atomic E-state index is 0.200. The molecule has 150 valence electrons. The van der Waals surface area contributed by atoms with Gasteiger partial charge in [-0.2, -0.15) is 0 Å². The van der Waals surface area contributed by atoms with Gasteiger partial charge in [0.15, 0.2) is 5.11 Å². The van der Waals surface area contributed by atoms with Crippen LogP contribution in [0.5, 0.6) is 0 Å². The van der Waals surface area contributed by atoms with E-state index in [9.17, 15) is 0 Å². The molecule has 28 heavy (non-hydrogen) atoms. The fraction of sp³-hybridized carbons (Fsp3) is 0.316. The second-order valence-corrected chi connectivity index (χ2v) is 8.29. The zero-order valence-electron chi connectivity index (χ0n) is 15.2. The molecule has 9 heteroatoms. The number of halogens is 3. The average Bonchev–Trinajstić information content (AvgIpc) is 2.66. The summed E-state index contributed by atoms with van der Waals surface area (Å²) in [7, 11) is 0. The molecular weight excluding hydrogens is 437 g/mol. The van der Waals surface area contributed by atoms with E-state index >= 15 is 0 Å². The Morgan fingerprint density at radius 3 is 2.36 bits per heavy atom. The fourth-order valence-electron chi connectivity index (χ4n) is 3.16. The fourth-order valence-corrected chi connectivity index (χ4v) is 3.80. The van der Waals surface area contributed by atoms with E-state index in [-0.39, 0.29) is 5.11 Å². The molecule has 1 aliphatic heterocycles. The van der Waals surface area contributed by atoms with Gasteiger partial charge in [0.2, 0.25) is 0 Å². The summed E-state index contributed by atoms with van der Waals surface area (Å²) in [6, 6.07) is 11.9. The molecule has 0 radical (unpaired) electrons. The van der Waals surface area contributed by atoms with E-state index < -0.39 is 0 Å². The van der Waals surface area contributed by atoms with Gasteiger partial charge in [0.25, 0.3) is 0 Å². The highest BCUT2D eigenvalue weighted by atomic mass is 35.5. The van der Waals surface area contributed by atoms with Crippen LogP contribution in [0.2, 0.25) is 15.1 Å². The van der Waals surface area contributed by atoms with E-state index in [4.69, 9.17) is 52.8 Å². The average molecular weight is 459 g/mol. The SMILES string of the molecule is NC(=S)NNCc1ccc(N2CCN(Cc3ccc(Cl)c(Cl)c3)CC2)cc1Cl. The lowest BCUT2D eigenvalue weighted by Gasteiger charge is -2.36. The summed E-state index contributed by atoms with van der Waals surface area (Å²) in [5, 5.41) is 2.11. The molecule has 0 aromatic heterocycles. The highest BCUT2D eigenvalue weighted by molar-refractivity contribution is 7.80. The summed E-state index contributed by atoms with van der Waals surface area (Å²) in [5.41, 5.74) is 14.3. The smallest absolute Gasteiger partial charge is 0.178 e. The van der Waals surface area contributed by atoms with Crippen molar-refractivity contribution in [1.29, 1.82) is 0 Å². The molecule has 1 heterocycles. The van der Waals surface area contributed by atoms with Crippen molar-refractivity contribution in [3.63, 3.8) is 0 Å². The van der Waals surface area contributed by atoms with Crippen molar-refractivity contribution in [2.75, 3.05) is 31.1 Å². The lowest BCUT2D eigenvalue weighted by Crippen LogP contribution is -2.46. The van der Waals surface area contributed by atoms with Gasteiger partial charge in [-0.15, -0.1) is 0 Å². The van der Waals surface area contributed by atoms with Crippen LogP contribution in [0.3, 0.4) is 0 Å². The largest absolute Gasteiger partial charge is 0.375 e. The molecule has 0 amide bonds.